The molecule has 16 heavy (non-hydrogen) atoms. The first-order valence-corrected chi connectivity index (χ1v) is 4.97. The minimum Gasteiger partial charge on any atom is -0.496 e. The molecule has 0 atom stereocenters. The summed E-state index contributed by atoms with van der Waals surface area (Å²) in [5, 5.41) is 4.04. The molecule has 1 aromatic heterocycles. The van der Waals surface area contributed by atoms with Gasteiger partial charge in [0.2, 0.25) is 5.95 Å². The van der Waals surface area contributed by atoms with Gasteiger partial charge in [-0.1, -0.05) is 17.7 Å². The molecular weight excluding hydrogens is 204 g/mol. The SMILES string of the molecule is COc1ccc(C)cc1Cn1ncnc1N. The van der Waals surface area contributed by atoms with Gasteiger partial charge in [0.15, 0.2) is 0 Å². The van der Waals surface area contributed by atoms with Crippen LogP contribution in [0.4, 0.5) is 5.95 Å². The molecule has 0 fully saturated rings. The largest absolute Gasteiger partial charge is 0.496 e. The number of rotatable bonds is 3. The lowest BCUT2D eigenvalue weighted by molar-refractivity contribution is 0.407. The predicted molar refractivity (Wildman–Crippen MR) is 61.3 cm³/mol. The summed E-state index contributed by atoms with van der Waals surface area (Å²) in [4.78, 5) is 3.88. The highest BCUT2D eigenvalue weighted by Gasteiger charge is 2.06. The van der Waals surface area contributed by atoms with Crippen LogP contribution in [0.15, 0.2) is 24.5 Å². The fourth-order valence-corrected chi connectivity index (χ4v) is 1.59. The Morgan fingerprint density at radius 1 is 1.44 bits per heavy atom. The van der Waals surface area contributed by atoms with E-state index in [1.54, 1.807) is 11.8 Å². The molecule has 0 saturated carbocycles. The molecule has 0 amide bonds. The number of benzene rings is 1. The number of ether oxygens (including phenoxy) is 1. The molecule has 1 heterocycles. The molecule has 84 valence electrons. The van der Waals surface area contributed by atoms with Crippen LogP contribution in [-0.4, -0.2) is 21.9 Å². The van der Waals surface area contributed by atoms with Crippen molar-refractivity contribution < 1.29 is 4.74 Å². The van der Waals surface area contributed by atoms with E-state index in [0.717, 1.165) is 11.3 Å². The van der Waals surface area contributed by atoms with Crippen molar-refractivity contribution in [2.45, 2.75) is 13.5 Å². The highest BCUT2D eigenvalue weighted by Crippen LogP contribution is 2.20. The fraction of sp³-hybridized carbons (Fsp3) is 0.273. The van der Waals surface area contributed by atoms with Gasteiger partial charge in [-0.2, -0.15) is 5.10 Å². The number of hydrogen-bond acceptors (Lipinski definition) is 4. The molecule has 2 rings (SSSR count). The maximum Gasteiger partial charge on any atom is 0.218 e. The van der Waals surface area contributed by atoms with E-state index in [4.69, 9.17) is 10.5 Å². The van der Waals surface area contributed by atoms with Gasteiger partial charge < -0.3 is 10.5 Å². The van der Waals surface area contributed by atoms with Gasteiger partial charge in [0.25, 0.3) is 0 Å². The summed E-state index contributed by atoms with van der Waals surface area (Å²) in [7, 11) is 1.65. The van der Waals surface area contributed by atoms with Crippen molar-refractivity contribution in [2.75, 3.05) is 12.8 Å². The normalized spacial score (nSPS) is 10.4. The maximum absolute atomic E-state index is 5.67. The Bertz CT molecular complexity index is 492. The second kappa shape index (κ2) is 4.22. The Kier molecular flexibility index (Phi) is 2.76. The first-order valence-electron chi connectivity index (χ1n) is 4.97. The second-order valence-electron chi connectivity index (χ2n) is 3.59. The molecule has 0 bridgehead atoms. The van der Waals surface area contributed by atoms with Crippen LogP contribution in [0.25, 0.3) is 0 Å². The lowest BCUT2D eigenvalue weighted by Gasteiger charge is -2.09. The predicted octanol–water partition coefficient (Wildman–Crippen LogP) is 1.23. The highest BCUT2D eigenvalue weighted by atomic mass is 16.5. The van der Waals surface area contributed by atoms with E-state index in [0.29, 0.717) is 12.5 Å². The van der Waals surface area contributed by atoms with Crippen molar-refractivity contribution in [3.05, 3.63) is 35.7 Å². The standard InChI is InChI=1S/C11H14N4O/c1-8-3-4-10(16-2)9(5-8)6-15-11(12)13-7-14-15/h3-5,7H,6H2,1-2H3,(H2,12,13,14). The third-order valence-electron chi connectivity index (χ3n) is 2.40. The lowest BCUT2D eigenvalue weighted by atomic mass is 10.1. The summed E-state index contributed by atoms with van der Waals surface area (Å²) in [6.45, 7) is 2.60. The van der Waals surface area contributed by atoms with Crippen LogP contribution >= 0.6 is 0 Å². The number of aromatic nitrogens is 3. The summed E-state index contributed by atoms with van der Waals surface area (Å²) >= 11 is 0. The summed E-state index contributed by atoms with van der Waals surface area (Å²) in [5.74, 6) is 1.24. The van der Waals surface area contributed by atoms with Gasteiger partial charge in [-0.05, 0) is 13.0 Å². The van der Waals surface area contributed by atoms with Crippen molar-refractivity contribution >= 4 is 5.95 Å². The Labute approximate surface area is 93.9 Å². The molecule has 5 heteroatoms. The van der Waals surface area contributed by atoms with Gasteiger partial charge in [-0.15, -0.1) is 0 Å². The average Bonchev–Trinajstić information content (AvgIpc) is 2.65. The van der Waals surface area contributed by atoms with Crippen molar-refractivity contribution in [3.8, 4) is 5.75 Å². The maximum atomic E-state index is 5.67. The topological polar surface area (TPSA) is 66.0 Å². The molecule has 0 aliphatic carbocycles. The van der Waals surface area contributed by atoms with Crippen molar-refractivity contribution in [1.29, 1.82) is 0 Å². The molecule has 0 spiro atoms. The first kappa shape index (κ1) is 10.5. The van der Waals surface area contributed by atoms with Gasteiger partial charge in [0.1, 0.15) is 12.1 Å². The molecule has 0 unspecified atom stereocenters. The van der Waals surface area contributed by atoms with E-state index in [9.17, 15) is 0 Å². The van der Waals surface area contributed by atoms with Gasteiger partial charge >= 0.3 is 0 Å². The van der Waals surface area contributed by atoms with E-state index in [-0.39, 0.29) is 0 Å². The zero-order chi connectivity index (χ0) is 11.5. The van der Waals surface area contributed by atoms with E-state index >= 15 is 0 Å². The fourth-order valence-electron chi connectivity index (χ4n) is 1.59. The molecule has 0 aliphatic heterocycles. The smallest absolute Gasteiger partial charge is 0.218 e. The molecule has 2 N–H and O–H groups in total. The number of nitrogen functional groups attached to an aromatic ring is 1. The minimum absolute atomic E-state index is 0.406. The summed E-state index contributed by atoms with van der Waals surface area (Å²) < 4.78 is 6.92. The number of aryl methyl sites for hydroxylation is 1. The monoisotopic (exact) mass is 218 g/mol. The Balaban J connectivity index is 2.33. The average molecular weight is 218 g/mol. The summed E-state index contributed by atoms with van der Waals surface area (Å²) in [5.41, 5.74) is 7.88. The van der Waals surface area contributed by atoms with Crippen LogP contribution in [-0.2, 0) is 6.54 Å². The van der Waals surface area contributed by atoms with E-state index in [2.05, 4.69) is 16.1 Å². The van der Waals surface area contributed by atoms with Crippen LogP contribution in [0.3, 0.4) is 0 Å². The third-order valence-corrected chi connectivity index (χ3v) is 2.40. The van der Waals surface area contributed by atoms with Crippen LogP contribution in [0.1, 0.15) is 11.1 Å². The number of methoxy groups -OCH3 is 1. The third kappa shape index (κ3) is 1.98. The molecule has 2 aromatic rings. The minimum atomic E-state index is 0.406. The summed E-state index contributed by atoms with van der Waals surface area (Å²) in [6, 6.07) is 6.00. The van der Waals surface area contributed by atoms with Crippen molar-refractivity contribution in [3.63, 3.8) is 0 Å². The molecule has 1 aromatic carbocycles. The van der Waals surface area contributed by atoms with Crippen LogP contribution in [0.2, 0.25) is 0 Å². The number of anilines is 1. The van der Waals surface area contributed by atoms with Crippen LogP contribution in [0.5, 0.6) is 5.75 Å². The molecular formula is C11H14N4O. The first-order chi connectivity index (χ1) is 7.70. The van der Waals surface area contributed by atoms with Crippen LogP contribution < -0.4 is 10.5 Å². The summed E-state index contributed by atoms with van der Waals surface area (Å²) in [6.07, 6.45) is 1.44. The van der Waals surface area contributed by atoms with E-state index in [1.807, 2.05) is 19.1 Å². The molecule has 5 nitrogen and oxygen atoms in total. The van der Waals surface area contributed by atoms with Crippen LogP contribution in [0, 0.1) is 6.92 Å². The number of nitrogens with zero attached hydrogens (tertiary/aromatic N) is 3. The highest BCUT2D eigenvalue weighted by molar-refractivity contribution is 5.37. The number of hydrogen-bond donors (Lipinski definition) is 1. The van der Waals surface area contributed by atoms with Gasteiger partial charge in [0.05, 0.1) is 13.7 Å². The Morgan fingerprint density at radius 2 is 2.25 bits per heavy atom. The zero-order valence-electron chi connectivity index (χ0n) is 9.34. The van der Waals surface area contributed by atoms with Gasteiger partial charge in [-0.25, -0.2) is 9.67 Å². The molecule has 0 saturated heterocycles. The van der Waals surface area contributed by atoms with Crippen molar-refractivity contribution in [1.82, 2.24) is 14.8 Å². The Morgan fingerprint density at radius 3 is 2.88 bits per heavy atom. The van der Waals surface area contributed by atoms with Crippen molar-refractivity contribution in [2.24, 2.45) is 0 Å². The number of nitrogens with two attached hydrogens (primary N) is 1. The molecule has 0 radical (unpaired) electrons. The van der Waals surface area contributed by atoms with E-state index < -0.39 is 0 Å². The van der Waals surface area contributed by atoms with E-state index in [1.165, 1.54) is 11.9 Å². The zero-order valence-corrected chi connectivity index (χ0v) is 9.34. The Hall–Kier alpha value is -2.04. The lowest BCUT2D eigenvalue weighted by Crippen LogP contribution is -2.07. The van der Waals surface area contributed by atoms with Gasteiger partial charge in [-0.3, -0.25) is 0 Å². The van der Waals surface area contributed by atoms with Gasteiger partial charge in [0, 0.05) is 5.56 Å². The molecule has 0 aliphatic rings. The second-order valence-corrected chi connectivity index (χ2v) is 3.59. The quantitative estimate of drug-likeness (QED) is 0.841.